The lowest BCUT2D eigenvalue weighted by Crippen LogP contribution is -2.53. The Morgan fingerprint density at radius 3 is 2.00 bits per heavy atom. The normalized spacial score (nSPS) is 44.0. The third-order valence-electron chi connectivity index (χ3n) is 6.60. The van der Waals surface area contributed by atoms with Gasteiger partial charge in [0, 0.05) is 26.1 Å². The van der Waals surface area contributed by atoms with Crippen molar-refractivity contribution in [1.82, 2.24) is 4.90 Å². The Hall–Kier alpha value is -0.570. The van der Waals surface area contributed by atoms with Crippen molar-refractivity contribution in [3.05, 3.63) is 0 Å². The van der Waals surface area contributed by atoms with Gasteiger partial charge in [0.15, 0.2) is 0 Å². The molecule has 5 fully saturated rings. The molecule has 112 valence electrons. The molecule has 1 heterocycles. The number of hydrogen-bond acceptors (Lipinski definition) is 2. The molecule has 0 radical (unpaired) electrons. The summed E-state index contributed by atoms with van der Waals surface area (Å²) in [5.74, 6) is 4.23. The Bertz CT molecular complexity index is 358. The third-order valence-corrected chi connectivity index (χ3v) is 6.60. The highest BCUT2D eigenvalue weighted by molar-refractivity contribution is 5.80. The number of piperidine rings is 1. The van der Waals surface area contributed by atoms with Gasteiger partial charge in [0.2, 0.25) is 5.91 Å². The minimum absolute atomic E-state index is 0.373. The molecule has 1 aliphatic heterocycles. The van der Waals surface area contributed by atoms with Crippen molar-refractivity contribution in [2.24, 2.45) is 29.6 Å². The van der Waals surface area contributed by atoms with Crippen LogP contribution in [0.25, 0.3) is 0 Å². The van der Waals surface area contributed by atoms with E-state index >= 15 is 0 Å². The first-order valence-corrected chi connectivity index (χ1v) is 8.56. The summed E-state index contributed by atoms with van der Waals surface area (Å²) in [6.45, 7) is 1.83. The molecule has 1 amide bonds. The van der Waals surface area contributed by atoms with E-state index in [1.165, 1.54) is 32.1 Å². The number of methoxy groups -OCH3 is 1. The fraction of sp³-hybridized carbons (Fsp3) is 0.941. The van der Waals surface area contributed by atoms with E-state index in [4.69, 9.17) is 4.74 Å². The second kappa shape index (κ2) is 5.01. The predicted molar refractivity (Wildman–Crippen MR) is 77.1 cm³/mol. The minimum Gasteiger partial charge on any atom is -0.381 e. The second-order valence-electron chi connectivity index (χ2n) is 7.72. The van der Waals surface area contributed by atoms with Crippen LogP contribution in [0, 0.1) is 29.6 Å². The van der Waals surface area contributed by atoms with Crippen LogP contribution < -0.4 is 0 Å². The highest BCUT2D eigenvalue weighted by Gasteiger charge is 2.51. The van der Waals surface area contributed by atoms with E-state index in [-0.39, 0.29) is 0 Å². The Labute approximate surface area is 122 Å². The number of ether oxygens (including phenoxy) is 1. The van der Waals surface area contributed by atoms with Crippen molar-refractivity contribution in [1.29, 1.82) is 0 Å². The van der Waals surface area contributed by atoms with Crippen molar-refractivity contribution in [2.75, 3.05) is 20.2 Å². The Kier molecular flexibility index (Phi) is 3.29. The van der Waals surface area contributed by atoms with Gasteiger partial charge in [0.25, 0.3) is 0 Å². The van der Waals surface area contributed by atoms with Gasteiger partial charge >= 0.3 is 0 Å². The van der Waals surface area contributed by atoms with Gasteiger partial charge < -0.3 is 9.64 Å². The second-order valence-corrected chi connectivity index (χ2v) is 7.72. The fourth-order valence-corrected chi connectivity index (χ4v) is 5.85. The zero-order chi connectivity index (χ0) is 13.7. The summed E-state index contributed by atoms with van der Waals surface area (Å²) in [4.78, 5) is 15.1. The maximum Gasteiger partial charge on any atom is 0.226 e. The molecule has 0 N–H and O–H groups in total. The first kappa shape index (κ1) is 13.1. The van der Waals surface area contributed by atoms with Gasteiger partial charge in [0.05, 0.1) is 6.10 Å². The van der Waals surface area contributed by atoms with E-state index < -0.39 is 0 Å². The Morgan fingerprint density at radius 1 is 0.950 bits per heavy atom. The molecule has 3 nitrogen and oxygen atoms in total. The first-order chi connectivity index (χ1) is 9.74. The largest absolute Gasteiger partial charge is 0.381 e. The summed E-state index contributed by atoms with van der Waals surface area (Å²) in [5, 5.41) is 0. The molecule has 1 saturated heterocycles. The van der Waals surface area contributed by atoms with E-state index in [1.807, 2.05) is 0 Å². The maximum absolute atomic E-state index is 13.0. The van der Waals surface area contributed by atoms with Crippen LogP contribution in [-0.4, -0.2) is 37.1 Å². The molecule has 0 aromatic carbocycles. The zero-order valence-corrected chi connectivity index (χ0v) is 12.6. The summed E-state index contributed by atoms with van der Waals surface area (Å²) in [6, 6.07) is 0. The van der Waals surface area contributed by atoms with Crippen LogP contribution in [0.1, 0.15) is 44.9 Å². The zero-order valence-electron chi connectivity index (χ0n) is 12.6. The Balaban J connectivity index is 1.44. The highest BCUT2D eigenvalue weighted by Crippen LogP contribution is 2.56. The molecule has 4 bridgehead atoms. The number of nitrogens with zero attached hydrogens (tertiary/aromatic N) is 1. The number of carbonyl (C=O) groups is 1. The number of rotatable bonds is 2. The summed E-state index contributed by atoms with van der Waals surface area (Å²) in [6.07, 6.45) is 9.27. The van der Waals surface area contributed by atoms with Gasteiger partial charge in [-0.2, -0.15) is 0 Å². The summed E-state index contributed by atoms with van der Waals surface area (Å²) >= 11 is 0. The molecule has 20 heavy (non-hydrogen) atoms. The van der Waals surface area contributed by atoms with Crippen molar-refractivity contribution in [2.45, 2.75) is 51.0 Å². The van der Waals surface area contributed by atoms with Gasteiger partial charge in [0.1, 0.15) is 0 Å². The minimum atomic E-state index is 0.373. The van der Waals surface area contributed by atoms with Crippen LogP contribution in [0.4, 0.5) is 0 Å². The molecule has 4 aliphatic carbocycles. The van der Waals surface area contributed by atoms with Crippen LogP contribution in [0.5, 0.6) is 0 Å². The van der Waals surface area contributed by atoms with Gasteiger partial charge in [-0.05, 0) is 68.6 Å². The standard InChI is InChI=1S/C17H27NO2/c1-20-15-2-4-18(5-3-15)17(19)16-13-7-11-6-12(9-13)10-14(16)8-11/h11-16H,2-10H2,1H3. The summed E-state index contributed by atoms with van der Waals surface area (Å²) < 4.78 is 5.42. The Morgan fingerprint density at radius 2 is 1.50 bits per heavy atom. The van der Waals surface area contributed by atoms with E-state index in [9.17, 15) is 4.79 Å². The van der Waals surface area contributed by atoms with E-state index in [0.29, 0.717) is 17.9 Å². The van der Waals surface area contributed by atoms with E-state index in [0.717, 1.165) is 49.6 Å². The lowest BCUT2D eigenvalue weighted by atomic mass is 9.51. The van der Waals surface area contributed by atoms with E-state index in [1.54, 1.807) is 7.11 Å². The molecule has 0 spiro atoms. The van der Waals surface area contributed by atoms with Crippen LogP contribution in [0.3, 0.4) is 0 Å². The smallest absolute Gasteiger partial charge is 0.226 e. The number of likely N-dealkylation sites (tertiary alicyclic amines) is 1. The van der Waals surface area contributed by atoms with Gasteiger partial charge in [-0.1, -0.05) is 0 Å². The average molecular weight is 277 g/mol. The third kappa shape index (κ3) is 2.09. The van der Waals surface area contributed by atoms with Crippen LogP contribution >= 0.6 is 0 Å². The molecule has 5 aliphatic rings. The molecular weight excluding hydrogens is 250 g/mol. The van der Waals surface area contributed by atoms with Crippen LogP contribution in [0.15, 0.2) is 0 Å². The van der Waals surface area contributed by atoms with Crippen molar-refractivity contribution >= 4 is 5.91 Å². The number of carbonyl (C=O) groups excluding carboxylic acids is 1. The molecule has 0 aromatic rings. The summed E-state index contributed by atoms with van der Waals surface area (Å²) in [5.41, 5.74) is 0. The SMILES string of the molecule is COC1CCN(C(=O)C2C3CC4CC(C3)CC2C4)CC1. The molecule has 5 rings (SSSR count). The monoisotopic (exact) mass is 277 g/mol. The molecule has 0 atom stereocenters. The molecule has 0 aromatic heterocycles. The van der Waals surface area contributed by atoms with Gasteiger partial charge in [-0.3, -0.25) is 4.79 Å². The topological polar surface area (TPSA) is 29.5 Å². The average Bonchev–Trinajstić information content (AvgIpc) is 2.46. The lowest BCUT2D eigenvalue weighted by molar-refractivity contribution is -0.151. The number of hydrogen-bond donors (Lipinski definition) is 0. The quantitative estimate of drug-likeness (QED) is 0.776. The molecule has 4 saturated carbocycles. The first-order valence-electron chi connectivity index (χ1n) is 8.56. The highest BCUT2D eigenvalue weighted by atomic mass is 16.5. The van der Waals surface area contributed by atoms with E-state index in [2.05, 4.69) is 4.90 Å². The summed E-state index contributed by atoms with van der Waals surface area (Å²) in [7, 11) is 1.79. The number of amides is 1. The van der Waals surface area contributed by atoms with Crippen molar-refractivity contribution in [3.8, 4) is 0 Å². The molecule has 0 unspecified atom stereocenters. The van der Waals surface area contributed by atoms with Crippen molar-refractivity contribution in [3.63, 3.8) is 0 Å². The molecular formula is C17H27NO2. The van der Waals surface area contributed by atoms with Crippen LogP contribution in [-0.2, 0) is 9.53 Å². The van der Waals surface area contributed by atoms with Crippen LogP contribution in [0.2, 0.25) is 0 Å². The predicted octanol–water partition coefficient (Wildman–Crippen LogP) is 2.70. The van der Waals surface area contributed by atoms with Gasteiger partial charge in [-0.25, -0.2) is 0 Å². The molecule has 3 heteroatoms. The maximum atomic E-state index is 13.0. The van der Waals surface area contributed by atoms with Gasteiger partial charge in [-0.15, -0.1) is 0 Å². The van der Waals surface area contributed by atoms with Crippen molar-refractivity contribution < 1.29 is 9.53 Å². The fourth-order valence-electron chi connectivity index (χ4n) is 5.85. The lowest BCUT2D eigenvalue weighted by Gasteiger charge is -2.54.